The van der Waals surface area contributed by atoms with Crippen LogP contribution in [-0.4, -0.2) is 78.8 Å². The number of piperidine rings is 1. The summed E-state index contributed by atoms with van der Waals surface area (Å²) in [5, 5.41) is 5.02. The fourth-order valence-corrected chi connectivity index (χ4v) is 7.19. The summed E-state index contributed by atoms with van der Waals surface area (Å²) >= 11 is 0. The highest BCUT2D eigenvalue weighted by Gasteiger charge is 2.36. The van der Waals surface area contributed by atoms with Crippen molar-refractivity contribution in [3.63, 3.8) is 0 Å². The molecule has 0 radical (unpaired) electrons. The Hall–Kier alpha value is -3.18. The molecule has 3 aliphatic rings. The summed E-state index contributed by atoms with van der Waals surface area (Å²) in [5.74, 6) is 1.67. The molecule has 11 heteroatoms. The number of hydrogen-bond acceptors (Lipinski definition) is 7. The van der Waals surface area contributed by atoms with Gasteiger partial charge in [-0.15, -0.1) is 0 Å². The summed E-state index contributed by atoms with van der Waals surface area (Å²) in [6.07, 6.45) is 5.30. The molecule has 2 atom stereocenters. The van der Waals surface area contributed by atoms with Gasteiger partial charge in [0.15, 0.2) is 5.65 Å². The number of aromatic nitrogens is 3. The third kappa shape index (κ3) is 5.47. The van der Waals surface area contributed by atoms with Crippen molar-refractivity contribution < 1.29 is 13.2 Å². The predicted molar refractivity (Wildman–Crippen MR) is 151 cm³/mol. The summed E-state index contributed by atoms with van der Waals surface area (Å²) in [7, 11) is -1.63. The van der Waals surface area contributed by atoms with E-state index in [1.807, 2.05) is 52.9 Å². The first-order valence-corrected chi connectivity index (χ1v) is 15.7. The summed E-state index contributed by atoms with van der Waals surface area (Å²) in [4.78, 5) is 25.3. The van der Waals surface area contributed by atoms with Crippen molar-refractivity contribution in [1.29, 1.82) is 0 Å². The van der Waals surface area contributed by atoms with Crippen LogP contribution < -0.4 is 14.5 Å². The van der Waals surface area contributed by atoms with Crippen LogP contribution in [0.3, 0.4) is 0 Å². The zero-order valence-electron chi connectivity index (χ0n) is 22.5. The van der Waals surface area contributed by atoms with Crippen LogP contribution in [0.2, 0.25) is 0 Å². The Bertz CT molecular complexity index is 1440. The van der Waals surface area contributed by atoms with Gasteiger partial charge in [-0.1, -0.05) is 30.3 Å². The van der Waals surface area contributed by atoms with E-state index in [0.717, 1.165) is 67.3 Å². The first-order valence-electron chi connectivity index (χ1n) is 14.1. The molecule has 3 aliphatic heterocycles. The Kier molecular flexibility index (Phi) is 7.20. The maximum atomic E-state index is 14.1. The SMILES string of the molecule is CN1CCCCS(=O)(=O)NC(Cc2ccccc2)C(=O)N2CCCCC2c2cc3nc(N4CCC4)cc1n3n2. The quantitative estimate of drug-likeness (QED) is 0.534. The second kappa shape index (κ2) is 10.8. The van der Waals surface area contributed by atoms with Gasteiger partial charge in [-0.25, -0.2) is 18.1 Å². The van der Waals surface area contributed by atoms with E-state index < -0.39 is 16.1 Å². The topological polar surface area (TPSA) is 103 Å². The van der Waals surface area contributed by atoms with Crippen LogP contribution >= 0.6 is 0 Å². The van der Waals surface area contributed by atoms with Crippen molar-refractivity contribution in [2.45, 2.75) is 57.0 Å². The lowest BCUT2D eigenvalue weighted by Gasteiger charge is -2.37. The Morgan fingerprint density at radius 1 is 0.974 bits per heavy atom. The van der Waals surface area contributed by atoms with Crippen LogP contribution in [0.1, 0.15) is 55.8 Å². The average Bonchev–Trinajstić information content (AvgIpc) is 3.33. The maximum Gasteiger partial charge on any atom is 0.241 e. The lowest BCUT2D eigenvalue weighted by molar-refractivity contribution is -0.137. The molecule has 6 rings (SSSR count). The molecule has 2 fully saturated rings. The van der Waals surface area contributed by atoms with Crippen molar-refractivity contribution in [1.82, 2.24) is 24.2 Å². The Morgan fingerprint density at radius 3 is 2.54 bits per heavy atom. The van der Waals surface area contributed by atoms with E-state index in [1.54, 1.807) is 0 Å². The van der Waals surface area contributed by atoms with Crippen molar-refractivity contribution in [2.75, 3.05) is 48.8 Å². The Labute approximate surface area is 230 Å². The highest BCUT2D eigenvalue weighted by molar-refractivity contribution is 7.89. The number of anilines is 2. The molecule has 2 aromatic heterocycles. The normalized spacial score (nSPS) is 24.2. The summed E-state index contributed by atoms with van der Waals surface area (Å²) in [6.45, 7) is 3.24. The number of fused-ring (bicyclic) bond motifs is 3. The van der Waals surface area contributed by atoms with Crippen molar-refractivity contribution in [2.24, 2.45) is 0 Å². The van der Waals surface area contributed by atoms with Crippen LogP contribution in [0.25, 0.3) is 5.65 Å². The van der Waals surface area contributed by atoms with Gasteiger partial charge >= 0.3 is 0 Å². The van der Waals surface area contributed by atoms with Crippen molar-refractivity contribution >= 4 is 33.2 Å². The first-order chi connectivity index (χ1) is 18.9. The summed E-state index contributed by atoms with van der Waals surface area (Å²) in [6, 6.07) is 12.6. The number of sulfonamides is 1. The fourth-order valence-electron chi connectivity index (χ4n) is 5.87. The number of amides is 1. The van der Waals surface area contributed by atoms with E-state index in [2.05, 4.69) is 20.6 Å². The van der Waals surface area contributed by atoms with Crippen LogP contribution in [0.5, 0.6) is 0 Å². The molecule has 0 spiro atoms. The minimum Gasteiger partial charge on any atom is -0.359 e. The molecule has 2 saturated heterocycles. The number of nitrogens with one attached hydrogen (secondary N) is 1. The smallest absolute Gasteiger partial charge is 0.241 e. The molecular formula is C28H37N7O3S. The fraction of sp³-hybridized carbons (Fsp3) is 0.536. The number of carbonyl (C=O) groups is 1. The number of rotatable bonds is 3. The largest absolute Gasteiger partial charge is 0.359 e. The summed E-state index contributed by atoms with van der Waals surface area (Å²) in [5.41, 5.74) is 2.51. The molecule has 0 aliphatic carbocycles. The molecule has 208 valence electrons. The molecule has 5 heterocycles. The molecular weight excluding hydrogens is 514 g/mol. The van der Waals surface area contributed by atoms with E-state index in [4.69, 9.17) is 10.1 Å². The molecule has 3 aromatic rings. The first kappa shape index (κ1) is 26.1. The molecule has 1 N–H and O–H groups in total. The minimum atomic E-state index is -3.65. The second-order valence-corrected chi connectivity index (χ2v) is 12.9. The van der Waals surface area contributed by atoms with Crippen LogP contribution in [0, 0.1) is 0 Å². The van der Waals surface area contributed by atoms with E-state index >= 15 is 0 Å². The average molecular weight is 552 g/mol. The summed E-state index contributed by atoms with van der Waals surface area (Å²) < 4.78 is 31.0. The molecule has 1 amide bonds. The van der Waals surface area contributed by atoms with E-state index in [9.17, 15) is 13.2 Å². The van der Waals surface area contributed by atoms with Gasteiger partial charge in [0, 0.05) is 45.4 Å². The number of nitrogens with zero attached hydrogens (tertiary/aromatic N) is 6. The third-order valence-corrected chi connectivity index (χ3v) is 9.64. The van der Waals surface area contributed by atoms with Gasteiger partial charge in [-0.3, -0.25) is 4.79 Å². The van der Waals surface area contributed by atoms with Crippen molar-refractivity contribution in [3.8, 4) is 0 Å². The standard InChI is InChI=1S/C28H37N7O3S/c1-32-13-7-8-17-39(37,38)31-23(18-21-10-3-2-4-11-21)28(36)34-16-6-5-12-24(34)22-19-26-29-25(33-14-9-15-33)20-27(32)35(26)30-22/h2-4,10-11,19-20,23-24,31H,5-9,12-18H2,1H3. The maximum absolute atomic E-state index is 14.1. The zero-order chi connectivity index (χ0) is 27.0. The lowest BCUT2D eigenvalue weighted by Crippen LogP contribution is -2.52. The molecule has 2 unspecified atom stereocenters. The van der Waals surface area contributed by atoms with Crippen LogP contribution in [0.15, 0.2) is 42.5 Å². The van der Waals surface area contributed by atoms with Crippen LogP contribution in [0.4, 0.5) is 11.6 Å². The highest BCUT2D eigenvalue weighted by Crippen LogP contribution is 2.33. The number of benzene rings is 1. The van der Waals surface area contributed by atoms with E-state index in [1.165, 1.54) is 0 Å². The lowest BCUT2D eigenvalue weighted by atomic mass is 9.97. The molecule has 1 aromatic carbocycles. The zero-order valence-corrected chi connectivity index (χ0v) is 23.3. The number of hydrogen-bond donors (Lipinski definition) is 1. The van der Waals surface area contributed by atoms with Gasteiger partial charge in [0.05, 0.1) is 17.5 Å². The Balaban J connectivity index is 1.42. The monoisotopic (exact) mass is 551 g/mol. The predicted octanol–water partition coefficient (Wildman–Crippen LogP) is 2.75. The van der Waals surface area contributed by atoms with Crippen LogP contribution in [-0.2, 0) is 21.2 Å². The second-order valence-electron chi connectivity index (χ2n) is 11.0. The van der Waals surface area contributed by atoms with Gasteiger partial charge in [0.1, 0.15) is 17.7 Å². The van der Waals surface area contributed by atoms with E-state index in [-0.39, 0.29) is 17.7 Å². The van der Waals surface area contributed by atoms with Gasteiger partial charge in [0.2, 0.25) is 15.9 Å². The van der Waals surface area contributed by atoms with Gasteiger partial charge in [0.25, 0.3) is 0 Å². The molecule has 0 saturated carbocycles. The van der Waals surface area contributed by atoms with E-state index in [0.29, 0.717) is 32.4 Å². The minimum absolute atomic E-state index is 0.0149. The Morgan fingerprint density at radius 2 is 1.77 bits per heavy atom. The molecule has 39 heavy (non-hydrogen) atoms. The van der Waals surface area contributed by atoms with Gasteiger partial charge in [-0.2, -0.15) is 9.61 Å². The molecule has 10 nitrogen and oxygen atoms in total. The molecule has 2 bridgehead atoms. The van der Waals surface area contributed by atoms with Gasteiger partial charge in [-0.05, 0) is 50.5 Å². The number of carbonyl (C=O) groups excluding carboxylic acids is 1. The van der Waals surface area contributed by atoms with Crippen molar-refractivity contribution in [3.05, 3.63) is 53.7 Å². The van der Waals surface area contributed by atoms with Gasteiger partial charge < -0.3 is 14.7 Å². The third-order valence-electron chi connectivity index (χ3n) is 8.17. The highest BCUT2D eigenvalue weighted by atomic mass is 32.2.